The van der Waals surface area contributed by atoms with Crippen molar-refractivity contribution >= 4 is 11.9 Å². The molecular weight excluding hydrogens is 492 g/mol. The molecule has 0 aliphatic carbocycles. The zero-order valence-electron chi connectivity index (χ0n) is 21.4. The fourth-order valence-corrected chi connectivity index (χ4v) is 5.15. The molecule has 1 amide bonds. The molecule has 0 atom stereocenters. The predicted octanol–water partition coefficient (Wildman–Crippen LogP) is 3.29. The van der Waals surface area contributed by atoms with Crippen LogP contribution in [-0.2, 0) is 26.1 Å². The Morgan fingerprint density at radius 3 is 2.68 bits per heavy atom. The summed E-state index contributed by atoms with van der Waals surface area (Å²) in [6, 6.07) is 7.70. The molecule has 5 rings (SSSR count). The van der Waals surface area contributed by atoms with Crippen molar-refractivity contribution in [3.05, 3.63) is 70.3 Å². The van der Waals surface area contributed by atoms with E-state index < -0.39 is 5.92 Å². The Balaban J connectivity index is 1.44. The van der Waals surface area contributed by atoms with Crippen molar-refractivity contribution < 1.29 is 18.3 Å². The number of imidazole rings is 1. The van der Waals surface area contributed by atoms with E-state index in [1.807, 2.05) is 35.9 Å². The first kappa shape index (κ1) is 25.6. The lowest BCUT2D eigenvalue weighted by Gasteiger charge is -2.39. The van der Waals surface area contributed by atoms with Crippen molar-refractivity contribution in [3.8, 4) is 11.8 Å². The highest BCUT2D eigenvalue weighted by atomic mass is 19.3. The number of halogens is 2. The fourth-order valence-electron chi connectivity index (χ4n) is 5.15. The maximum atomic E-state index is 13.7. The minimum Gasteiger partial charge on any atom is -0.491 e. The van der Waals surface area contributed by atoms with Gasteiger partial charge in [0.25, 0.3) is 11.8 Å². The highest BCUT2D eigenvalue weighted by Gasteiger charge is 2.44. The monoisotopic (exact) mass is 521 g/mol. The van der Waals surface area contributed by atoms with E-state index in [9.17, 15) is 18.8 Å². The number of hydrogen-bond acceptors (Lipinski definition) is 7. The van der Waals surface area contributed by atoms with Crippen LogP contribution in [0.15, 0.2) is 36.8 Å². The van der Waals surface area contributed by atoms with Crippen molar-refractivity contribution in [2.45, 2.75) is 38.9 Å². The van der Waals surface area contributed by atoms with Crippen molar-refractivity contribution in [1.82, 2.24) is 24.3 Å². The topological polar surface area (TPSA) is 99.3 Å². The third kappa shape index (κ3) is 5.17. The second-order valence-corrected chi connectivity index (χ2v) is 9.62. The molecule has 3 aromatic rings. The third-order valence-electron chi connectivity index (χ3n) is 6.84. The summed E-state index contributed by atoms with van der Waals surface area (Å²) in [5.41, 5.74) is 4.28. The molecular formula is C27H29F2N7O2. The second-order valence-electron chi connectivity index (χ2n) is 9.62. The van der Waals surface area contributed by atoms with E-state index in [2.05, 4.69) is 15.3 Å². The highest BCUT2D eigenvalue weighted by Crippen LogP contribution is 2.32. The first-order valence-corrected chi connectivity index (χ1v) is 12.5. The number of carbonyl (C=O) groups is 1. The first-order valence-electron chi connectivity index (χ1n) is 12.5. The van der Waals surface area contributed by atoms with Gasteiger partial charge in [0.05, 0.1) is 26.2 Å². The number of likely N-dealkylation sites (tertiary alicyclic amines) is 1. The molecule has 1 N–H and O–H groups in total. The Labute approximate surface area is 219 Å². The Morgan fingerprint density at radius 1 is 1.16 bits per heavy atom. The number of hydrogen-bond donors (Lipinski definition) is 1. The Morgan fingerprint density at radius 2 is 1.97 bits per heavy atom. The van der Waals surface area contributed by atoms with Gasteiger partial charge < -0.3 is 19.5 Å². The summed E-state index contributed by atoms with van der Waals surface area (Å²) in [4.78, 5) is 25.7. The van der Waals surface area contributed by atoms with Gasteiger partial charge in [0.1, 0.15) is 6.07 Å². The number of anilines is 1. The molecule has 11 heteroatoms. The van der Waals surface area contributed by atoms with Crippen LogP contribution in [0.2, 0.25) is 0 Å². The van der Waals surface area contributed by atoms with E-state index in [4.69, 9.17) is 4.74 Å². The van der Waals surface area contributed by atoms with Gasteiger partial charge in [-0.25, -0.2) is 18.7 Å². The van der Waals surface area contributed by atoms with E-state index in [0.29, 0.717) is 56.5 Å². The van der Waals surface area contributed by atoms with Crippen LogP contribution in [0.1, 0.15) is 45.2 Å². The molecule has 1 aromatic carbocycles. The zero-order chi connectivity index (χ0) is 26.9. The number of aromatic nitrogens is 3. The maximum absolute atomic E-state index is 13.7. The first-order chi connectivity index (χ1) is 18.3. The molecule has 0 radical (unpaired) electrons. The standard InChI is InChI=1S/C27H29F2N7O2/c1-3-38-24-10-19(12-33-23(24)11-30)14-35-6-4-21-20(15-34-16-27(28,29)17-34)8-18(9-22(21)25(35)37)13-36-7-5-32-26(36)31-2/h5,7-10,12H,3-4,6,13-17H2,1-2H3,(H,31,32). The van der Waals surface area contributed by atoms with Gasteiger partial charge in [-0.1, -0.05) is 6.07 Å². The van der Waals surface area contributed by atoms with Gasteiger partial charge in [-0.15, -0.1) is 0 Å². The number of nitriles is 1. The van der Waals surface area contributed by atoms with Crippen LogP contribution in [0.3, 0.4) is 0 Å². The van der Waals surface area contributed by atoms with Crippen LogP contribution in [0.25, 0.3) is 0 Å². The largest absolute Gasteiger partial charge is 0.491 e. The number of nitrogens with zero attached hydrogens (tertiary/aromatic N) is 6. The minimum absolute atomic E-state index is 0.120. The number of rotatable bonds is 9. The molecule has 38 heavy (non-hydrogen) atoms. The smallest absolute Gasteiger partial charge is 0.272 e. The molecule has 1 saturated heterocycles. The Bertz CT molecular complexity index is 1390. The summed E-state index contributed by atoms with van der Waals surface area (Å²) in [5, 5.41) is 12.3. The summed E-state index contributed by atoms with van der Waals surface area (Å²) >= 11 is 0. The Kier molecular flexibility index (Phi) is 6.99. The third-order valence-corrected chi connectivity index (χ3v) is 6.84. The SMILES string of the molecule is CCOc1cc(CN2CCc3c(CN4CC(F)(F)C4)cc(Cn4ccnc4NC)cc3C2=O)cnc1C#N. The summed E-state index contributed by atoms with van der Waals surface area (Å²) < 4.78 is 34.6. The number of nitrogens with one attached hydrogen (secondary N) is 1. The van der Waals surface area contributed by atoms with Crippen molar-refractivity contribution in [1.29, 1.82) is 5.26 Å². The molecule has 198 valence electrons. The minimum atomic E-state index is -2.65. The molecule has 0 unspecified atom stereocenters. The van der Waals surface area contributed by atoms with Gasteiger partial charge in [-0.3, -0.25) is 9.69 Å². The van der Waals surface area contributed by atoms with Gasteiger partial charge in [-0.05, 0) is 47.7 Å². The van der Waals surface area contributed by atoms with Gasteiger partial charge >= 0.3 is 0 Å². The van der Waals surface area contributed by atoms with Crippen LogP contribution in [0.4, 0.5) is 14.7 Å². The second kappa shape index (κ2) is 10.4. The lowest BCUT2D eigenvalue weighted by atomic mass is 9.90. The average Bonchev–Trinajstić information content (AvgIpc) is 3.32. The average molecular weight is 522 g/mol. The summed E-state index contributed by atoms with van der Waals surface area (Å²) in [5.74, 6) is -1.68. The van der Waals surface area contributed by atoms with Crippen LogP contribution >= 0.6 is 0 Å². The van der Waals surface area contributed by atoms with Crippen LogP contribution in [0.5, 0.6) is 5.75 Å². The molecule has 0 saturated carbocycles. The molecule has 0 spiro atoms. The van der Waals surface area contributed by atoms with E-state index in [1.54, 1.807) is 35.3 Å². The van der Waals surface area contributed by atoms with Crippen LogP contribution in [-0.4, -0.2) is 69.5 Å². The van der Waals surface area contributed by atoms with Crippen LogP contribution in [0, 0.1) is 11.3 Å². The zero-order valence-corrected chi connectivity index (χ0v) is 21.4. The quantitative estimate of drug-likeness (QED) is 0.461. The molecule has 0 bridgehead atoms. The van der Waals surface area contributed by atoms with Gasteiger partial charge in [0.2, 0.25) is 5.95 Å². The fraction of sp³-hybridized carbons (Fsp3) is 0.407. The van der Waals surface area contributed by atoms with E-state index in [-0.39, 0.29) is 24.7 Å². The molecule has 4 heterocycles. The predicted molar refractivity (Wildman–Crippen MR) is 136 cm³/mol. The Hall–Kier alpha value is -4.04. The number of benzene rings is 1. The molecule has 2 aliphatic heterocycles. The molecule has 2 aromatic heterocycles. The number of pyridine rings is 1. The van der Waals surface area contributed by atoms with Gasteiger partial charge in [-0.2, -0.15) is 5.26 Å². The van der Waals surface area contributed by atoms with Crippen molar-refractivity contribution in [2.24, 2.45) is 0 Å². The molecule has 2 aliphatic rings. The summed E-state index contributed by atoms with van der Waals surface area (Å²) in [6.45, 7) is 3.35. The van der Waals surface area contributed by atoms with Crippen LogP contribution < -0.4 is 10.1 Å². The number of alkyl halides is 2. The lowest BCUT2D eigenvalue weighted by Crippen LogP contribution is -2.55. The van der Waals surface area contributed by atoms with E-state index in [1.165, 1.54) is 0 Å². The normalized spacial score (nSPS) is 16.5. The van der Waals surface area contributed by atoms with Gasteiger partial charge in [0, 0.05) is 50.8 Å². The van der Waals surface area contributed by atoms with Crippen molar-refractivity contribution in [3.63, 3.8) is 0 Å². The maximum Gasteiger partial charge on any atom is 0.272 e. The number of ether oxygens (including phenoxy) is 1. The molecule has 9 nitrogen and oxygen atoms in total. The number of fused-ring (bicyclic) bond motifs is 1. The summed E-state index contributed by atoms with van der Waals surface area (Å²) in [7, 11) is 1.79. The summed E-state index contributed by atoms with van der Waals surface area (Å²) in [6.07, 6.45) is 5.76. The number of amides is 1. The van der Waals surface area contributed by atoms with Gasteiger partial charge in [0.15, 0.2) is 11.4 Å². The van der Waals surface area contributed by atoms with E-state index in [0.717, 1.165) is 22.3 Å². The van der Waals surface area contributed by atoms with Crippen molar-refractivity contribution in [2.75, 3.05) is 38.6 Å². The van der Waals surface area contributed by atoms with E-state index >= 15 is 0 Å². The number of carbonyl (C=O) groups excluding carboxylic acids is 1. The molecule has 1 fully saturated rings. The highest BCUT2D eigenvalue weighted by molar-refractivity contribution is 5.97. The lowest BCUT2D eigenvalue weighted by molar-refractivity contribution is -0.134.